The number of hydrogen-bond donors (Lipinski definition) is 13. The van der Waals surface area contributed by atoms with Crippen LogP contribution in [0, 0.1) is 0 Å². The molecule has 0 saturated carbocycles. The molecule has 1 aliphatic heterocycles. The second-order valence-corrected chi connectivity index (χ2v) is 25.2. The third-order valence-corrected chi connectivity index (χ3v) is 18.3. The van der Waals surface area contributed by atoms with Crippen molar-refractivity contribution in [3.63, 3.8) is 0 Å². The molecule has 3 aromatic carbocycles. The number of carbonyl (C=O) groups is 8. The lowest BCUT2D eigenvalue weighted by molar-refractivity contribution is -0.136. The molecule has 14 N–H and O–H groups in total. The number of aliphatic hydroxyl groups is 3. The molecule has 452 valence electrons. The van der Waals surface area contributed by atoms with E-state index in [1.165, 1.54) is 35.4 Å². The van der Waals surface area contributed by atoms with Gasteiger partial charge in [0.05, 0.1) is 24.9 Å². The summed E-state index contributed by atoms with van der Waals surface area (Å²) in [6, 6.07) is 19.5. The molecule has 8 amide bonds. The van der Waals surface area contributed by atoms with Gasteiger partial charge in [-0.25, -0.2) is 4.98 Å². The number of para-hydroxylation sites is 1. The van der Waals surface area contributed by atoms with Crippen LogP contribution in [0.3, 0.4) is 0 Å². The van der Waals surface area contributed by atoms with Gasteiger partial charge in [0, 0.05) is 66.2 Å². The highest BCUT2D eigenvalue weighted by Gasteiger charge is 2.37. The van der Waals surface area contributed by atoms with Crippen molar-refractivity contribution in [2.45, 2.75) is 131 Å². The molecular formula is C58H75N11O11S4. The number of rotatable bonds is 24. The van der Waals surface area contributed by atoms with Gasteiger partial charge in [-0.15, -0.1) is 0 Å². The zero-order chi connectivity index (χ0) is 60.4. The first-order valence-electron chi connectivity index (χ1n) is 27.7. The fourth-order valence-electron chi connectivity index (χ4n) is 8.90. The van der Waals surface area contributed by atoms with Crippen LogP contribution >= 0.6 is 43.2 Å². The Morgan fingerprint density at radius 1 is 0.714 bits per heavy atom. The van der Waals surface area contributed by atoms with Crippen LogP contribution in [-0.2, 0) is 57.6 Å². The topological polar surface area (TPSA) is 348 Å². The van der Waals surface area contributed by atoms with E-state index in [9.17, 15) is 44.1 Å². The molecule has 84 heavy (non-hydrogen) atoms. The maximum Gasteiger partial charge on any atom is 0.245 e. The molecule has 10 atom stereocenters. The predicted molar refractivity (Wildman–Crippen MR) is 328 cm³/mol. The van der Waals surface area contributed by atoms with Gasteiger partial charge >= 0.3 is 0 Å². The quantitative estimate of drug-likeness (QED) is 0.0310. The lowest BCUT2D eigenvalue weighted by Gasteiger charge is -2.29. The highest BCUT2D eigenvalue weighted by atomic mass is 33.1. The first-order valence-corrected chi connectivity index (χ1v) is 32.5. The normalized spacial score (nSPS) is 21.0. The maximum atomic E-state index is 15.0. The highest BCUT2D eigenvalue weighted by molar-refractivity contribution is 8.77. The minimum atomic E-state index is -1.69. The summed E-state index contributed by atoms with van der Waals surface area (Å²) in [5.41, 5.74) is 8.50. The Balaban J connectivity index is 1.38. The highest BCUT2D eigenvalue weighted by Crippen LogP contribution is 2.29. The zero-order valence-electron chi connectivity index (χ0n) is 46.7. The summed E-state index contributed by atoms with van der Waals surface area (Å²) in [5, 5.41) is 54.8. The van der Waals surface area contributed by atoms with Gasteiger partial charge in [-0.3, -0.25) is 38.4 Å². The summed E-state index contributed by atoms with van der Waals surface area (Å²) in [6.45, 7) is 2.29. The number of nitrogens with two attached hydrogens (primary N) is 1. The molecule has 26 heteroatoms. The minimum absolute atomic E-state index is 0.0314. The SMILES string of the molecule is C[C@@H](O)[C@@H]1NC(=O)[C@H](CCCCCN)NC(=O)[C@@H](Cc2c[nH]c3ccccc23)NC(=O)[C@H](Cc2ccccc2)NC(=O)[C@@H](NC(=O)[C@@H](Cc2ccccc2)NC(=O)CCSSc2ccccn2)CSSC[C@@H](C(=O)N[C@H](CO)[C@@H](C)O)NC1=O. The van der Waals surface area contributed by atoms with Gasteiger partial charge in [-0.05, 0) is 78.9 Å². The van der Waals surface area contributed by atoms with Crippen LogP contribution < -0.4 is 48.3 Å². The number of unbranched alkanes of at least 4 members (excludes halogenated alkanes) is 2. The third kappa shape index (κ3) is 21.5. The molecule has 0 unspecified atom stereocenters. The summed E-state index contributed by atoms with van der Waals surface area (Å²) in [7, 11) is 4.82. The monoisotopic (exact) mass is 1230 g/mol. The molecule has 6 rings (SSSR count). The third-order valence-electron chi connectivity index (χ3n) is 13.6. The van der Waals surface area contributed by atoms with E-state index in [-0.39, 0.29) is 43.6 Å². The van der Waals surface area contributed by atoms with Crippen molar-refractivity contribution in [2.24, 2.45) is 5.73 Å². The minimum Gasteiger partial charge on any atom is -0.394 e. The first-order chi connectivity index (χ1) is 40.5. The van der Waals surface area contributed by atoms with Crippen molar-refractivity contribution in [3.8, 4) is 0 Å². The van der Waals surface area contributed by atoms with E-state index >= 15 is 9.59 Å². The molecule has 1 fully saturated rings. The van der Waals surface area contributed by atoms with E-state index in [0.29, 0.717) is 48.3 Å². The average molecular weight is 1230 g/mol. The molecule has 22 nitrogen and oxygen atoms in total. The second kappa shape index (κ2) is 35.0. The summed E-state index contributed by atoms with van der Waals surface area (Å²) in [4.78, 5) is 123. The maximum absolute atomic E-state index is 15.0. The summed E-state index contributed by atoms with van der Waals surface area (Å²) >= 11 is 0. The lowest BCUT2D eigenvalue weighted by atomic mass is 10.0. The first kappa shape index (κ1) is 66.5. The Labute approximate surface area is 503 Å². The number of aromatic nitrogens is 2. The predicted octanol–water partition coefficient (Wildman–Crippen LogP) is 1.97. The Morgan fingerprint density at radius 3 is 2.04 bits per heavy atom. The van der Waals surface area contributed by atoms with E-state index in [4.69, 9.17) is 5.73 Å². The number of nitrogens with one attached hydrogen (secondary N) is 9. The molecule has 5 aromatic rings. The summed E-state index contributed by atoms with van der Waals surface area (Å²) < 4.78 is 0. The number of nitrogens with zero attached hydrogens (tertiary/aromatic N) is 1. The number of hydrogen-bond acceptors (Lipinski definition) is 17. The number of fused-ring (bicyclic) bond motifs is 1. The molecule has 0 spiro atoms. The van der Waals surface area contributed by atoms with E-state index in [0.717, 1.165) is 37.5 Å². The van der Waals surface area contributed by atoms with Crippen molar-refractivity contribution in [3.05, 3.63) is 132 Å². The largest absolute Gasteiger partial charge is 0.394 e. The summed E-state index contributed by atoms with van der Waals surface area (Å²) in [6.07, 6.45) is 2.06. The fourth-order valence-corrected chi connectivity index (χ4v) is 13.1. The number of pyridine rings is 1. The van der Waals surface area contributed by atoms with Crippen LogP contribution in [-0.4, -0.2) is 163 Å². The molecule has 1 saturated heterocycles. The van der Waals surface area contributed by atoms with Gasteiger partial charge < -0.3 is 68.6 Å². The number of aliphatic hydroxyl groups excluding tert-OH is 3. The second-order valence-electron chi connectivity index (χ2n) is 20.2. The van der Waals surface area contributed by atoms with E-state index in [1.807, 2.05) is 36.4 Å². The van der Waals surface area contributed by atoms with Crippen LogP contribution in [0.15, 0.2) is 121 Å². The number of H-pyrrole nitrogens is 1. The lowest BCUT2D eigenvalue weighted by Crippen LogP contribution is -2.62. The standard InChI is InChI=1S/C58H75N11O11S4/c1-35(71)46(32-70)66-57(79)48-34-83-82-33-47(67-53(75)43(28-37-16-6-3-7-17-37)62-49(73)24-27-81-84-50-23-13-15-26-60-50)56(78)64-44(29-38-18-8-4-9-19-38)54(76)65-45(30-39-31-61-41-21-12-11-20-40(39)41)55(77)63-42(22-10-5-14-25-59)52(74)69-51(36(2)72)58(80)68-48/h3-4,6-9,11-13,15-21,23,26,31,35-36,42-48,51,61,70-72H,5,10,14,22,24-25,27-30,32-34,59H2,1-2H3,(H,62,73)(H,63,77)(H,64,78)(H,65,76)(H,66,79)(H,67,75)(H,68,80)(H,69,74)/t35-,36-,42+,43-,44+,45-,46-,47+,48+,51+/m1/s1. The molecular weight excluding hydrogens is 1150 g/mol. The fraction of sp³-hybridized carbons (Fsp3) is 0.431. The van der Waals surface area contributed by atoms with Crippen LogP contribution in [0.5, 0.6) is 0 Å². The van der Waals surface area contributed by atoms with Crippen molar-refractivity contribution in [1.82, 2.24) is 52.5 Å². The van der Waals surface area contributed by atoms with E-state index in [2.05, 4.69) is 52.5 Å². The van der Waals surface area contributed by atoms with Gasteiger partial charge in [-0.2, -0.15) is 0 Å². The number of benzene rings is 3. The van der Waals surface area contributed by atoms with Crippen molar-refractivity contribution >= 4 is 101 Å². The van der Waals surface area contributed by atoms with Crippen LogP contribution in [0.4, 0.5) is 0 Å². The van der Waals surface area contributed by atoms with Gasteiger partial charge in [0.1, 0.15) is 47.3 Å². The van der Waals surface area contributed by atoms with E-state index in [1.54, 1.807) is 79.1 Å². The Bertz CT molecular complexity index is 2930. The number of aromatic amines is 1. The van der Waals surface area contributed by atoms with Gasteiger partial charge in [0.25, 0.3) is 0 Å². The van der Waals surface area contributed by atoms with Crippen molar-refractivity contribution in [1.29, 1.82) is 0 Å². The molecule has 3 heterocycles. The van der Waals surface area contributed by atoms with Gasteiger partial charge in [0.2, 0.25) is 47.3 Å². The number of amides is 8. The number of carbonyl (C=O) groups excluding carboxylic acids is 8. The zero-order valence-corrected chi connectivity index (χ0v) is 50.0. The molecule has 1 aliphatic rings. The van der Waals surface area contributed by atoms with Crippen molar-refractivity contribution < 1.29 is 53.7 Å². The Morgan fingerprint density at radius 2 is 1.36 bits per heavy atom. The molecule has 0 aliphatic carbocycles. The van der Waals surface area contributed by atoms with Crippen LogP contribution in [0.25, 0.3) is 10.9 Å². The van der Waals surface area contributed by atoms with E-state index < -0.39 is 114 Å². The van der Waals surface area contributed by atoms with Crippen LogP contribution in [0.2, 0.25) is 0 Å². The van der Waals surface area contributed by atoms with Gasteiger partial charge in [-0.1, -0.05) is 130 Å². The molecule has 0 radical (unpaired) electrons. The molecule has 0 bridgehead atoms. The van der Waals surface area contributed by atoms with Crippen LogP contribution in [0.1, 0.15) is 62.6 Å². The van der Waals surface area contributed by atoms with Gasteiger partial charge in [0.15, 0.2) is 0 Å². The smallest absolute Gasteiger partial charge is 0.245 e. The average Bonchev–Trinajstić information content (AvgIpc) is 4.09. The van der Waals surface area contributed by atoms with Crippen molar-refractivity contribution in [2.75, 3.05) is 30.4 Å². The Kier molecular flexibility index (Phi) is 27.7. The summed E-state index contributed by atoms with van der Waals surface area (Å²) in [5.74, 6) is -6.38. The molecule has 2 aromatic heterocycles. The Hall–Kier alpha value is -6.65.